The summed E-state index contributed by atoms with van der Waals surface area (Å²) < 4.78 is 5.68. The van der Waals surface area contributed by atoms with Crippen LogP contribution in [0.25, 0.3) is 0 Å². The van der Waals surface area contributed by atoms with Gasteiger partial charge in [-0.2, -0.15) is 12.6 Å². The summed E-state index contributed by atoms with van der Waals surface area (Å²) in [6, 6.07) is 5.56. The first-order valence-corrected chi connectivity index (χ1v) is 6.63. The molecule has 0 radical (unpaired) electrons. The van der Waals surface area contributed by atoms with E-state index < -0.39 is 0 Å². The molecule has 2 nitrogen and oxygen atoms in total. The van der Waals surface area contributed by atoms with Gasteiger partial charge >= 0.3 is 0 Å². The van der Waals surface area contributed by atoms with Gasteiger partial charge in [0.15, 0.2) is 0 Å². The Hall–Kier alpha value is -0.380. The zero-order valence-electron chi connectivity index (χ0n) is 10.5. The Morgan fingerprint density at radius 3 is 2.53 bits per heavy atom. The fraction of sp³-hybridized carbons (Fsp3) is 0.538. The summed E-state index contributed by atoms with van der Waals surface area (Å²) >= 11 is 10.3. The summed E-state index contributed by atoms with van der Waals surface area (Å²) in [4.78, 5) is 0. The van der Waals surface area contributed by atoms with Crippen molar-refractivity contribution >= 4 is 24.2 Å². The number of rotatable bonds is 4. The highest BCUT2D eigenvalue weighted by molar-refractivity contribution is 7.80. The third-order valence-corrected chi connectivity index (χ3v) is 2.93. The molecule has 1 rings (SSSR count). The molecule has 2 N–H and O–H groups in total. The molecule has 1 atom stereocenters. The lowest BCUT2D eigenvalue weighted by atomic mass is 9.99. The van der Waals surface area contributed by atoms with Crippen LogP contribution in [-0.4, -0.2) is 12.4 Å². The molecule has 0 aliphatic carbocycles. The molecular formula is C13H20ClNOS. The average molecular weight is 274 g/mol. The van der Waals surface area contributed by atoms with Gasteiger partial charge in [-0.1, -0.05) is 38.4 Å². The third-order valence-electron chi connectivity index (χ3n) is 2.24. The maximum Gasteiger partial charge on any atom is 0.137 e. The molecule has 96 valence electrons. The number of hydrogen-bond acceptors (Lipinski definition) is 3. The van der Waals surface area contributed by atoms with Crippen LogP contribution in [0.4, 0.5) is 0 Å². The van der Waals surface area contributed by atoms with Gasteiger partial charge in [0.2, 0.25) is 0 Å². The van der Waals surface area contributed by atoms with Crippen molar-refractivity contribution in [1.82, 2.24) is 0 Å². The highest BCUT2D eigenvalue weighted by Gasteiger charge is 2.13. The summed E-state index contributed by atoms with van der Waals surface area (Å²) in [5.74, 6) is 1.30. The molecule has 4 heteroatoms. The predicted octanol–water partition coefficient (Wildman–Crippen LogP) is 3.69. The SMILES string of the molecule is CC(C)(C)COc1ccc(C(N)CS)cc1Cl. The number of nitrogens with two attached hydrogens (primary N) is 1. The number of benzene rings is 1. The lowest BCUT2D eigenvalue weighted by Crippen LogP contribution is -2.17. The Bertz CT molecular complexity index is 376. The van der Waals surface area contributed by atoms with Crippen molar-refractivity contribution < 1.29 is 4.74 Å². The summed E-state index contributed by atoms with van der Waals surface area (Å²) in [7, 11) is 0. The number of ether oxygens (including phenoxy) is 1. The Morgan fingerprint density at radius 1 is 1.41 bits per heavy atom. The van der Waals surface area contributed by atoms with Gasteiger partial charge in [-0.25, -0.2) is 0 Å². The first kappa shape index (κ1) is 14.7. The zero-order chi connectivity index (χ0) is 13.1. The molecule has 17 heavy (non-hydrogen) atoms. The summed E-state index contributed by atoms with van der Waals surface area (Å²) in [6.45, 7) is 6.98. The number of halogens is 1. The number of hydrogen-bond donors (Lipinski definition) is 2. The van der Waals surface area contributed by atoms with E-state index in [1.165, 1.54) is 0 Å². The quantitative estimate of drug-likeness (QED) is 0.821. The van der Waals surface area contributed by atoms with Crippen molar-refractivity contribution in [3.05, 3.63) is 28.8 Å². The maximum atomic E-state index is 6.15. The van der Waals surface area contributed by atoms with Crippen LogP contribution in [0.1, 0.15) is 32.4 Å². The van der Waals surface area contributed by atoms with Crippen LogP contribution in [0.2, 0.25) is 5.02 Å². The van der Waals surface area contributed by atoms with E-state index in [4.69, 9.17) is 22.1 Å². The fourth-order valence-corrected chi connectivity index (χ4v) is 1.72. The highest BCUT2D eigenvalue weighted by Crippen LogP contribution is 2.29. The Balaban J connectivity index is 2.76. The second kappa shape index (κ2) is 5.98. The average Bonchev–Trinajstić information content (AvgIpc) is 2.25. The minimum absolute atomic E-state index is 0.0903. The van der Waals surface area contributed by atoms with Crippen molar-refractivity contribution in [2.24, 2.45) is 11.1 Å². The molecule has 0 amide bonds. The van der Waals surface area contributed by atoms with Crippen molar-refractivity contribution in [1.29, 1.82) is 0 Å². The lowest BCUT2D eigenvalue weighted by molar-refractivity contribution is 0.198. The van der Waals surface area contributed by atoms with E-state index in [9.17, 15) is 0 Å². The van der Waals surface area contributed by atoms with Crippen LogP contribution < -0.4 is 10.5 Å². The standard InChI is InChI=1S/C13H20ClNOS/c1-13(2,3)8-16-12-5-4-9(6-10(12)14)11(15)7-17/h4-6,11,17H,7-8,15H2,1-3H3. The maximum absolute atomic E-state index is 6.15. The van der Waals surface area contributed by atoms with Crippen LogP contribution in [0.3, 0.4) is 0 Å². The van der Waals surface area contributed by atoms with Gasteiger partial charge in [0, 0.05) is 11.8 Å². The van der Waals surface area contributed by atoms with E-state index in [1.54, 1.807) is 0 Å². The Morgan fingerprint density at radius 2 is 2.06 bits per heavy atom. The molecule has 0 aliphatic heterocycles. The van der Waals surface area contributed by atoms with Crippen molar-refractivity contribution in [3.63, 3.8) is 0 Å². The first-order valence-electron chi connectivity index (χ1n) is 5.62. The summed E-state index contributed by atoms with van der Waals surface area (Å²) in [6.07, 6.45) is 0. The Labute approximate surface area is 114 Å². The topological polar surface area (TPSA) is 35.2 Å². The monoisotopic (exact) mass is 273 g/mol. The van der Waals surface area contributed by atoms with Gasteiger partial charge in [0.25, 0.3) is 0 Å². The van der Waals surface area contributed by atoms with Gasteiger partial charge in [0.1, 0.15) is 5.75 Å². The first-order chi connectivity index (χ1) is 7.83. The largest absolute Gasteiger partial charge is 0.491 e. The molecule has 1 unspecified atom stereocenters. The van der Waals surface area contributed by atoms with E-state index in [2.05, 4.69) is 33.4 Å². The predicted molar refractivity (Wildman–Crippen MR) is 77.2 cm³/mol. The lowest BCUT2D eigenvalue weighted by Gasteiger charge is -2.20. The second-order valence-corrected chi connectivity index (χ2v) is 6.10. The van der Waals surface area contributed by atoms with Gasteiger partial charge < -0.3 is 10.5 Å². The highest BCUT2D eigenvalue weighted by atomic mass is 35.5. The van der Waals surface area contributed by atoms with Crippen LogP contribution in [0, 0.1) is 5.41 Å². The van der Waals surface area contributed by atoms with E-state index in [0.717, 1.165) is 5.56 Å². The van der Waals surface area contributed by atoms with E-state index in [-0.39, 0.29) is 11.5 Å². The van der Waals surface area contributed by atoms with Gasteiger partial charge in [-0.15, -0.1) is 0 Å². The molecule has 0 saturated heterocycles. The minimum atomic E-state index is -0.0903. The molecule has 0 fully saturated rings. The zero-order valence-corrected chi connectivity index (χ0v) is 12.2. The summed E-state index contributed by atoms with van der Waals surface area (Å²) in [5.41, 5.74) is 6.97. The molecule has 0 aromatic heterocycles. The van der Waals surface area contributed by atoms with Crippen LogP contribution >= 0.6 is 24.2 Å². The molecule has 0 saturated carbocycles. The molecule has 1 aromatic carbocycles. The van der Waals surface area contributed by atoms with E-state index >= 15 is 0 Å². The minimum Gasteiger partial charge on any atom is -0.491 e. The normalized spacial score (nSPS) is 13.5. The fourth-order valence-electron chi connectivity index (χ4n) is 1.26. The summed E-state index contributed by atoms with van der Waals surface area (Å²) in [5, 5.41) is 0.601. The van der Waals surface area contributed by atoms with E-state index in [0.29, 0.717) is 23.1 Å². The van der Waals surface area contributed by atoms with Crippen molar-refractivity contribution in [2.75, 3.05) is 12.4 Å². The van der Waals surface area contributed by atoms with Gasteiger partial charge in [-0.05, 0) is 23.1 Å². The molecule has 0 spiro atoms. The molecule has 1 aromatic rings. The smallest absolute Gasteiger partial charge is 0.137 e. The number of thiol groups is 1. The Kier molecular flexibility index (Phi) is 5.17. The van der Waals surface area contributed by atoms with Crippen LogP contribution in [-0.2, 0) is 0 Å². The molecule has 0 heterocycles. The molecule has 0 bridgehead atoms. The second-order valence-electron chi connectivity index (χ2n) is 5.33. The van der Waals surface area contributed by atoms with Crippen molar-refractivity contribution in [3.8, 4) is 5.75 Å². The third kappa shape index (κ3) is 4.78. The van der Waals surface area contributed by atoms with Gasteiger partial charge in [0.05, 0.1) is 11.6 Å². The van der Waals surface area contributed by atoms with Crippen molar-refractivity contribution in [2.45, 2.75) is 26.8 Å². The molecule has 0 aliphatic rings. The van der Waals surface area contributed by atoms with E-state index in [1.807, 2.05) is 18.2 Å². The van der Waals surface area contributed by atoms with Crippen LogP contribution in [0.15, 0.2) is 18.2 Å². The van der Waals surface area contributed by atoms with Crippen LogP contribution in [0.5, 0.6) is 5.75 Å². The molecular weight excluding hydrogens is 254 g/mol. The van der Waals surface area contributed by atoms with Gasteiger partial charge in [-0.3, -0.25) is 0 Å².